The number of thioether (sulfide) groups is 1. The molecule has 0 spiro atoms. The number of benzene rings is 1. The fourth-order valence-electron chi connectivity index (χ4n) is 1.58. The highest BCUT2D eigenvalue weighted by molar-refractivity contribution is 7.98. The van der Waals surface area contributed by atoms with Crippen molar-refractivity contribution < 1.29 is 4.74 Å². The van der Waals surface area contributed by atoms with Gasteiger partial charge in [-0.2, -0.15) is 0 Å². The number of ether oxygens (including phenoxy) is 1. The minimum atomic E-state index is 0.643. The fraction of sp³-hybridized carbons (Fsp3) is 0.214. The van der Waals surface area contributed by atoms with Crippen molar-refractivity contribution >= 4 is 29.1 Å². The van der Waals surface area contributed by atoms with Crippen LogP contribution in [-0.2, 0) is 5.75 Å². The fourth-order valence-corrected chi connectivity index (χ4v) is 2.65. The molecule has 2 N–H and O–H groups in total. The Balaban J connectivity index is 2.08. The van der Waals surface area contributed by atoms with E-state index in [-0.39, 0.29) is 0 Å². The third-order valence-corrected chi connectivity index (χ3v) is 3.79. The molecule has 19 heavy (non-hydrogen) atoms. The van der Waals surface area contributed by atoms with Gasteiger partial charge in [0.2, 0.25) is 0 Å². The Labute approximate surface area is 122 Å². The highest BCUT2D eigenvalue weighted by Gasteiger charge is 2.04. The van der Waals surface area contributed by atoms with Gasteiger partial charge in [-0.25, -0.2) is 0 Å². The van der Waals surface area contributed by atoms with Crippen molar-refractivity contribution in [3.05, 3.63) is 47.2 Å². The van der Waals surface area contributed by atoms with Crippen molar-refractivity contribution in [3.63, 3.8) is 0 Å². The molecule has 0 saturated heterocycles. The minimum absolute atomic E-state index is 0.643. The van der Waals surface area contributed by atoms with E-state index in [1.807, 2.05) is 31.2 Å². The van der Waals surface area contributed by atoms with Crippen LogP contribution in [0.5, 0.6) is 5.75 Å². The average molecular weight is 295 g/mol. The number of aromatic nitrogens is 1. The van der Waals surface area contributed by atoms with Crippen molar-refractivity contribution in [1.82, 2.24) is 4.98 Å². The SMILES string of the molecule is CCOc1ccc(N)c(SCc2cc(Cl)ccn2)c1. The summed E-state index contributed by atoms with van der Waals surface area (Å²) in [6, 6.07) is 9.31. The molecule has 0 atom stereocenters. The van der Waals surface area contributed by atoms with Gasteiger partial charge in [-0.15, -0.1) is 11.8 Å². The van der Waals surface area contributed by atoms with E-state index in [1.165, 1.54) is 0 Å². The first-order valence-electron chi connectivity index (χ1n) is 5.94. The zero-order valence-corrected chi connectivity index (χ0v) is 12.2. The molecular formula is C14H15ClN2OS. The smallest absolute Gasteiger partial charge is 0.120 e. The van der Waals surface area contributed by atoms with Crippen LogP contribution in [0.25, 0.3) is 0 Å². The number of nitrogens with two attached hydrogens (primary N) is 1. The summed E-state index contributed by atoms with van der Waals surface area (Å²) in [4.78, 5) is 5.26. The summed E-state index contributed by atoms with van der Waals surface area (Å²) < 4.78 is 5.47. The van der Waals surface area contributed by atoms with Crippen LogP contribution in [0.1, 0.15) is 12.6 Å². The first kappa shape index (κ1) is 14.0. The summed E-state index contributed by atoms with van der Waals surface area (Å²) in [5.74, 6) is 1.55. The van der Waals surface area contributed by atoms with Gasteiger partial charge in [-0.1, -0.05) is 11.6 Å². The average Bonchev–Trinajstić information content (AvgIpc) is 2.40. The van der Waals surface area contributed by atoms with Crippen LogP contribution in [0.2, 0.25) is 5.02 Å². The second kappa shape index (κ2) is 6.68. The van der Waals surface area contributed by atoms with Gasteiger partial charge in [0, 0.05) is 27.6 Å². The van der Waals surface area contributed by atoms with Crippen molar-refractivity contribution in [1.29, 1.82) is 0 Å². The Morgan fingerprint density at radius 1 is 1.32 bits per heavy atom. The minimum Gasteiger partial charge on any atom is -0.494 e. The number of hydrogen-bond acceptors (Lipinski definition) is 4. The summed E-state index contributed by atoms with van der Waals surface area (Å²) in [5.41, 5.74) is 7.63. The first-order valence-corrected chi connectivity index (χ1v) is 7.31. The molecule has 0 aliphatic carbocycles. The summed E-state index contributed by atoms with van der Waals surface area (Å²) in [6.07, 6.45) is 1.71. The van der Waals surface area contributed by atoms with Gasteiger partial charge in [-0.3, -0.25) is 4.98 Å². The largest absolute Gasteiger partial charge is 0.494 e. The molecule has 2 aromatic rings. The Bertz CT molecular complexity index is 563. The maximum atomic E-state index is 5.96. The number of pyridine rings is 1. The van der Waals surface area contributed by atoms with Crippen LogP contribution in [0.3, 0.4) is 0 Å². The summed E-state index contributed by atoms with van der Waals surface area (Å²) >= 11 is 7.55. The van der Waals surface area contributed by atoms with Crippen molar-refractivity contribution in [2.45, 2.75) is 17.6 Å². The number of nitrogens with zero attached hydrogens (tertiary/aromatic N) is 1. The zero-order valence-electron chi connectivity index (χ0n) is 10.6. The van der Waals surface area contributed by atoms with Gasteiger partial charge in [0.15, 0.2) is 0 Å². The van der Waals surface area contributed by atoms with E-state index >= 15 is 0 Å². The molecule has 0 fully saturated rings. The zero-order chi connectivity index (χ0) is 13.7. The predicted octanol–water partition coefficient (Wildman–Crippen LogP) is 4.01. The number of nitrogen functional groups attached to an aromatic ring is 1. The number of rotatable bonds is 5. The summed E-state index contributed by atoms with van der Waals surface area (Å²) in [6.45, 7) is 2.60. The van der Waals surface area contributed by atoms with E-state index in [9.17, 15) is 0 Å². The lowest BCUT2D eigenvalue weighted by molar-refractivity contribution is 0.339. The van der Waals surface area contributed by atoms with Crippen molar-refractivity contribution in [3.8, 4) is 5.75 Å². The molecule has 0 bridgehead atoms. The maximum absolute atomic E-state index is 5.96. The molecule has 1 aromatic carbocycles. The molecule has 100 valence electrons. The third kappa shape index (κ3) is 4.04. The van der Waals surface area contributed by atoms with Crippen LogP contribution >= 0.6 is 23.4 Å². The quantitative estimate of drug-likeness (QED) is 0.668. The Kier molecular flexibility index (Phi) is 4.93. The monoisotopic (exact) mass is 294 g/mol. The molecule has 0 unspecified atom stereocenters. The van der Waals surface area contributed by atoms with Crippen LogP contribution in [-0.4, -0.2) is 11.6 Å². The topological polar surface area (TPSA) is 48.1 Å². The molecule has 0 radical (unpaired) electrons. The number of halogens is 1. The second-order valence-electron chi connectivity index (χ2n) is 3.89. The maximum Gasteiger partial charge on any atom is 0.120 e. The highest BCUT2D eigenvalue weighted by Crippen LogP contribution is 2.31. The lowest BCUT2D eigenvalue weighted by Gasteiger charge is -2.09. The van der Waals surface area contributed by atoms with E-state index < -0.39 is 0 Å². The van der Waals surface area contributed by atoms with Crippen molar-refractivity contribution in [2.24, 2.45) is 0 Å². The molecular weight excluding hydrogens is 280 g/mol. The molecule has 2 rings (SSSR count). The van der Waals surface area contributed by atoms with E-state index in [0.29, 0.717) is 11.6 Å². The first-order chi connectivity index (χ1) is 9.19. The number of anilines is 1. The van der Waals surface area contributed by atoms with Gasteiger partial charge in [0.1, 0.15) is 5.75 Å². The highest BCUT2D eigenvalue weighted by atomic mass is 35.5. The Morgan fingerprint density at radius 2 is 2.16 bits per heavy atom. The molecule has 0 aliphatic rings. The van der Waals surface area contributed by atoms with Crippen LogP contribution in [0.4, 0.5) is 5.69 Å². The molecule has 1 heterocycles. The van der Waals surface area contributed by atoms with E-state index in [1.54, 1.807) is 24.0 Å². The lowest BCUT2D eigenvalue weighted by Crippen LogP contribution is -1.94. The van der Waals surface area contributed by atoms with Gasteiger partial charge < -0.3 is 10.5 Å². The van der Waals surface area contributed by atoms with E-state index in [2.05, 4.69) is 4.98 Å². The third-order valence-electron chi connectivity index (χ3n) is 2.45. The van der Waals surface area contributed by atoms with Gasteiger partial charge in [0.05, 0.1) is 12.3 Å². The van der Waals surface area contributed by atoms with E-state index in [0.717, 1.165) is 27.8 Å². The second-order valence-corrected chi connectivity index (χ2v) is 5.34. The van der Waals surface area contributed by atoms with Gasteiger partial charge in [-0.05, 0) is 37.3 Å². The Morgan fingerprint density at radius 3 is 2.89 bits per heavy atom. The van der Waals surface area contributed by atoms with Crippen molar-refractivity contribution in [2.75, 3.05) is 12.3 Å². The molecule has 1 aromatic heterocycles. The van der Waals surface area contributed by atoms with Crippen LogP contribution in [0.15, 0.2) is 41.4 Å². The normalized spacial score (nSPS) is 10.4. The summed E-state index contributed by atoms with van der Waals surface area (Å²) in [5, 5.41) is 0.696. The molecule has 3 nitrogen and oxygen atoms in total. The molecule has 5 heteroatoms. The van der Waals surface area contributed by atoms with E-state index in [4.69, 9.17) is 22.1 Å². The van der Waals surface area contributed by atoms with Gasteiger partial charge in [0.25, 0.3) is 0 Å². The Hall–Kier alpha value is -1.39. The number of hydrogen-bond donors (Lipinski definition) is 1. The van der Waals surface area contributed by atoms with Gasteiger partial charge >= 0.3 is 0 Å². The molecule has 0 aliphatic heterocycles. The predicted molar refractivity (Wildman–Crippen MR) is 80.8 cm³/mol. The van der Waals surface area contributed by atoms with Crippen LogP contribution < -0.4 is 10.5 Å². The molecule has 0 saturated carbocycles. The van der Waals surface area contributed by atoms with Crippen LogP contribution in [0, 0.1) is 0 Å². The standard InChI is InChI=1S/C14H15ClN2OS/c1-2-18-12-3-4-13(16)14(8-12)19-9-11-7-10(15)5-6-17-11/h3-8H,2,9,16H2,1H3. The summed E-state index contributed by atoms with van der Waals surface area (Å²) in [7, 11) is 0. The molecule has 0 amide bonds. The lowest BCUT2D eigenvalue weighted by atomic mass is 10.3.